The fraction of sp³-hybridized carbons (Fsp3) is 0.379. The van der Waals surface area contributed by atoms with Crippen molar-refractivity contribution in [1.82, 2.24) is 0 Å². The SMILES string of the molecule is Cc1ccc2c(c1)CC[C@H](c1ccccc1)[C@@H]2c1ccc(OC2CC(C3CO3)C2)cc1. The van der Waals surface area contributed by atoms with E-state index >= 15 is 0 Å². The Balaban J connectivity index is 1.27. The van der Waals surface area contributed by atoms with E-state index in [1.165, 1.54) is 34.2 Å². The number of rotatable bonds is 5. The van der Waals surface area contributed by atoms with Gasteiger partial charge in [0.15, 0.2) is 0 Å². The molecule has 0 radical (unpaired) electrons. The highest BCUT2D eigenvalue weighted by Gasteiger charge is 2.42. The molecule has 2 nitrogen and oxygen atoms in total. The Morgan fingerprint density at radius 1 is 0.871 bits per heavy atom. The van der Waals surface area contributed by atoms with Crippen LogP contribution in [0.15, 0.2) is 72.8 Å². The van der Waals surface area contributed by atoms with Crippen molar-refractivity contribution >= 4 is 0 Å². The predicted molar refractivity (Wildman–Crippen MR) is 124 cm³/mol. The molecule has 1 aliphatic heterocycles. The lowest BCUT2D eigenvalue weighted by Gasteiger charge is -2.36. The molecule has 0 N–H and O–H groups in total. The summed E-state index contributed by atoms with van der Waals surface area (Å²) in [6, 6.07) is 27.0. The maximum Gasteiger partial charge on any atom is 0.119 e. The second-order valence-corrected chi connectivity index (χ2v) is 9.65. The molecule has 3 aromatic rings. The molecule has 0 amide bonds. The maximum atomic E-state index is 6.24. The van der Waals surface area contributed by atoms with E-state index in [0.29, 0.717) is 24.0 Å². The quantitative estimate of drug-likeness (QED) is 0.453. The molecule has 2 aliphatic carbocycles. The summed E-state index contributed by atoms with van der Waals surface area (Å²) in [6.45, 7) is 3.15. The number of hydrogen-bond donors (Lipinski definition) is 0. The van der Waals surface area contributed by atoms with E-state index in [1.54, 1.807) is 0 Å². The van der Waals surface area contributed by atoms with Crippen molar-refractivity contribution in [3.05, 3.63) is 101 Å². The van der Waals surface area contributed by atoms with Crippen LogP contribution in [-0.2, 0) is 11.2 Å². The third kappa shape index (κ3) is 3.78. The normalized spacial score (nSPS) is 29.0. The first-order valence-electron chi connectivity index (χ1n) is 11.8. The standard InChI is InChI=1S/C29H30O2/c1-19-7-13-27-22(15-19)10-14-26(20-5-3-2-4-6-20)29(27)21-8-11-24(12-9-21)31-25-16-23(17-25)28-18-30-28/h2-9,11-13,15,23,25-26,28-29H,10,14,16-18H2,1H3/t23?,25?,26-,28?,29+/m1/s1. The van der Waals surface area contributed by atoms with Crippen LogP contribution in [0.5, 0.6) is 5.75 Å². The van der Waals surface area contributed by atoms with E-state index in [0.717, 1.165) is 37.5 Å². The average Bonchev–Trinajstić information content (AvgIpc) is 3.61. The van der Waals surface area contributed by atoms with Crippen LogP contribution in [0.25, 0.3) is 0 Å². The molecular formula is C29H30O2. The van der Waals surface area contributed by atoms with Crippen molar-refractivity contribution < 1.29 is 9.47 Å². The fourth-order valence-electron chi connectivity index (χ4n) is 5.70. The first-order valence-corrected chi connectivity index (χ1v) is 11.8. The summed E-state index contributed by atoms with van der Waals surface area (Å²) in [7, 11) is 0. The number of aryl methyl sites for hydroxylation is 2. The van der Waals surface area contributed by atoms with Crippen LogP contribution >= 0.6 is 0 Å². The van der Waals surface area contributed by atoms with Gasteiger partial charge in [0.25, 0.3) is 0 Å². The highest BCUT2D eigenvalue weighted by atomic mass is 16.6. The lowest BCUT2D eigenvalue weighted by Crippen LogP contribution is -2.36. The molecule has 158 valence electrons. The van der Waals surface area contributed by atoms with Gasteiger partial charge in [0.1, 0.15) is 5.75 Å². The molecule has 31 heavy (non-hydrogen) atoms. The molecule has 2 fully saturated rings. The third-order valence-corrected chi connectivity index (χ3v) is 7.55. The fourth-order valence-corrected chi connectivity index (χ4v) is 5.70. The molecule has 0 aromatic heterocycles. The van der Waals surface area contributed by atoms with Crippen molar-refractivity contribution in [2.75, 3.05) is 6.61 Å². The first kappa shape index (κ1) is 19.1. The van der Waals surface area contributed by atoms with Gasteiger partial charge in [-0.05, 0) is 78.8 Å². The summed E-state index contributed by atoms with van der Waals surface area (Å²) >= 11 is 0. The summed E-state index contributed by atoms with van der Waals surface area (Å²) in [5, 5.41) is 0. The molecule has 6 rings (SSSR count). The maximum absolute atomic E-state index is 6.24. The van der Waals surface area contributed by atoms with E-state index in [9.17, 15) is 0 Å². The summed E-state index contributed by atoms with van der Waals surface area (Å²) in [5.74, 6) is 2.62. The Kier molecular flexibility index (Phi) is 4.84. The molecule has 1 saturated carbocycles. The molecule has 1 heterocycles. The zero-order valence-corrected chi connectivity index (χ0v) is 18.2. The lowest BCUT2D eigenvalue weighted by atomic mass is 9.69. The minimum Gasteiger partial charge on any atom is -0.490 e. The predicted octanol–water partition coefficient (Wildman–Crippen LogP) is 6.41. The van der Waals surface area contributed by atoms with E-state index in [2.05, 4.69) is 79.7 Å². The van der Waals surface area contributed by atoms with Gasteiger partial charge in [-0.15, -0.1) is 0 Å². The van der Waals surface area contributed by atoms with Crippen LogP contribution in [0.3, 0.4) is 0 Å². The van der Waals surface area contributed by atoms with Gasteiger partial charge in [-0.25, -0.2) is 0 Å². The average molecular weight is 411 g/mol. The van der Waals surface area contributed by atoms with Gasteiger partial charge in [-0.2, -0.15) is 0 Å². The highest BCUT2D eigenvalue weighted by molar-refractivity contribution is 5.47. The molecule has 3 aliphatic rings. The van der Waals surface area contributed by atoms with Crippen LogP contribution in [0, 0.1) is 12.8 Å². The topological polar surface area (TPSA) is 21.8 Å². The Hall–Kier alpha value is -2.58. The second kappa shape index (κ2) is 7.84. The Bertz CT molecular complexity index is 1050. The van der Waals surface area contributed by atoms with Gasteiger partial charge in [0.2, 0.25) is 0 Å². The van der Waals surface area contributed by atoms with Crippen molar-refractivity contribution in [3.8, 4) is 5.75 Å². The Labute approximate surface area is 185 Å². The van der Waals surface area contributed by atoms with Gasteiger partial charge >= 0.3 is 0 Å². The summed E-state index contributed by atoms with van der Waals surface area (Å²) < 4.78 is 11.7. The monoisotopic (exact) mass is 410 g/mol. The smallest absolute Gasteiger partial charge is 0.119 e. The first-order chi connectivity index (χ1) is 15.2. The Morgan fingerprint density at radius 3 is 2.39 bits per heavy atom. The van der Waals surface area contributed by atoms with Crippen LogP contribution < -0.4 is 4.74 Å². The van der Waals surface area contributed by atoms with Crippen LogP contribution in [0.2, 0.25) is 0 Å². The van der Waals surface area contributed by atoms with Crippen molar-refractivity contribution in [1.29, 1.82) is 0 Å². The van der Waals surface area contributed by atoms with Gasteiger partial charge in [-0.3, -0.25) is 0 Å². The second-order valence-electron chi connectivity index (χ2n) is 9.65. The highest BCUT2D eigenvalue weighted by Crippen LogP contribution is 2.47. The summed E-state index contributed by atoms with van der Waals surface area (Å²) in [6.07, 6.45) is 5.50. The van der Waals surface area contributed by atoms with Crippen molar-refractivity contribution in [2.24, 2.45) is 5.92 Å². The zero-order chi connectivity index (χ0) is 20.8. The van der Waals surface area contributed by atoms with Crippen molar-refractivity contribution in [2.45, 2.75) is 56.7 Å². The molecule has 2 heteroatoms. The van der Waals surface area contributed by atoms with Crippen LogP contribution in [0.4, 0.5) is 0 Å². The third-order valence-electron chi connectivity index (χ3n) is 7.55. The summed E-state index contributed by atoms with van der Waals surface area (Å²) in [4.78, 5) is 0. The van der Waals surface area contributed by atoms with E-state index in [1.807, 2.05) is 0 Å². The number of fused-ring (bicyclic) bond motifs is 1. The van der Waals surface area contributed by atoms with Crippen molar-refractivity contribution in [3.63, 3.8) is 0 Å². The molecule has 0 spiro atoms. The zero-order valence-electron chi connectivity index (χ0n) is 18.2. The molecular weight excluding hydrogens is 380 g/mol. The van der Waals surface area contributed by atoms with Gasteiger partial charge < -0.3 is 9.47 Å². The lowest BCUT2D eigenvalue weighted by molar-refractivity contribution is 0.0497. The van der Waals surface area contributed by atoms with Gasteiger partial charge in [0, 0.05) is 5.92 Å². The molecule has 1 saturated heterocycles. The van der Waals surface area contributed by atoms with E-state index in [-0.39, 0.29) is 0 Å². The minimum absolute atomic E-state index is 0.357. The molecule has 3 atom stereocenters. The number of ether oxygens (including phenoxy) is 2. The minimum atomic E-state index is 0.357. The Morgan fingerprint density at radius 2 is 1.65 bits per heavy atom. The number of benzene rings is 3. The largest absolute Gasteiger partial charge is 0.490 e. The molecule has 1 unspecified atom stereocenters. The number of epoxide rings is 1. The van der Waals surface area contributed by atoms with Gasteiger partial charge in [-0.1, -0.05) is 66.2 Å². The number of hydrogen-bond acceptors (Lipinski definition) is 2. The van der Waals surface area contributed by atoms with E-state index < -0.39 is 0 Å². The van der Waals surface area contributed by atoms with Gasteiger partial charge in [0.05, 0.1) is 18.8 Å². The van der Waals surface area contributed by atoms with Crippen LogP contribution in [-0.4, -0.2) is 18.8 Å². The van der Waals surface area contributed by atoms with E-state index in [4.69, 9.17) is 9.47 Å². The molecule has 0 bridgehead atoms. The molecule has 3 aromatic carbocycles. The summed E-state index contributed by atoms with van der Waals surface area (Å²) in [5.41, 5.74) is 7.20. The van der Waals surface area contributed by atoms with Crippen LogP contribution in [0.1, 0.15) is 58.9 Å².